The fourth-order valence-electron chi connectivity index (χ4n) is 8.17. The van der Waals surface area contributed by atoms with E-state index in [1.807, 2.05) is 23.8 Å². The van der Waals surface area contributed by atoms with Crippen molar-refractivity contribution < 1.29 is 47.7 Å². The molecule has 7 rings (SSSR count). The monoisotopic (exact) mass is 886 g/mol. The highest BCUT2D eigenvalue weighted by Gasteiger charge is 2.42. The summed E-state index contributed by atoms with van der Waals surface area (Å²) in [4.78, 5) is 85.5. The second kappa shape index (κ2) is 20.3. The van der Waals surface area contributed by atoms with Gasteiger partial charge in [0.05, 0.1) is 42.5 Å². The van der Waals surface area contributed by atoms with Crippen molar-refractivity contribution in [2.24, 2.45) is 5.73 Å². The van der Waals surface area contributed by atoms with Crippen LogP contribution in [-0.2, 0) is 25.6 Å². The van der Waals surface area contributed by atoms with Crippen LogP contribution in [0.1, 0.15) is 46.0 Å². The Morgan fingerprint density at radius 3 is 2.44 bits per heavy atom. The molecule has 1 saturated heterocycles. The third kappa shape index (κ3) is 10.8. The predicted octanol–water partition coefficient (Wildman–Crippen LogP) is -0.147. The van der Waals surface area contributed by atoms with Crippen molar-refractivity contribution in [1.82, 2.24) is 31.5 Å². The number of ketones is 1. The average Bonchev–Trinajstić information content (AvgIpc) is 3.27. The maximum atomic E-state index is 15.8. The molecule has 342 valence electrons. The van der Waals surface area contributed by atoms with Gasteiger partial charge in [-0.2, -0.15) is 0 Å². The number of rotatable bonds is 11. The average molecular weight is 887 g/mol. The highest BCUT2D eigenvalue weighted by molar-refractivity contribution is 6.10. The molecule has 0 saturated carbocycles. The maximum absolute atomic E-state index is 15.8. The molecule has 4 heterocycles. The zero-order chi connectivity index (χ0) is 45.5. The molecule has 0 aromatic heterocycles. The number of amides is 5. The van der Waals surface area contributed by atoms with Crippen molar-refractivity contribution in [2.75, 3.05) is 94.3 Å². The van der Waals surface area contributed by atoms with Crippen LogP contribution >= 0.6 is 0 Å². The number of carbonyl (C=O) groups excluding carboxylic acids is 6. The molecule has 0 bridgehead atoms. The van der Waals surface area contributed by atoms with Crippen molar-refractivity contribution in [3.63, 3.8) is 0 Å². The minimum atomic E-state index is -0.913. The molecule has 4 aliphatic rings. The number of likely N-dealkylation sites (N-methyl/N-ethyl adjacent to an activating group) is 1. The highest BCUT2D eigenvalue weighted by atomic mass is 19.1. The molecule has 1 fully saturated rings. The van der Waals surface area contributed by atoms with E-state index in [-0.39, 0.29) is 92.2 Å². The topological polar surface area (TPSA) is 249 Å². The number of aromatic hydroxyl groups is 1. The van der Waals surface area contributed by atoms with Crippen LogP contribution in [0.2, 0.25) is 0 Å². The summed E-state index contributed by atoms with van der Waals surface area (Å²) in [6, 6.07) is 9.58. The first kappa shape index (κ1) is 45.5. The summed E-state index contributed by atoms with van der Waals surface area (Å²) in [6.07, 6.45) is 0.330. The van der Waals surface area contributed by atoms with Crippen molar-refractivity contribution in [2.45, 2.75) is 50.4 Å². The van der Waals surface area contributed by atoms with Crippen molar-refractivity contribution in [1.29, 1.82) is 0 Å². The van der Waals surface area contributed by atoms with E-state index in [9.17, 15) is 33.9 Å². The molecular weight excluding hydrogens is 832 g/mol. The van der Waals surface area contributed by atoms with Gasteiger partial charge in [-0.25, -0.2) is 4.39 Å². The summed E-state index contributed by atoms with van der Waals surface area (Å²) >= 11 is 0. The first-order valence-electron chi connectivity index (χ1n) is 21.4. The van der Waals surface area contributed by atoms with Crippen LogP contribution in [0.25, 0.3) is 0 Å². The molecule has 0 aliphatic carbocycles. The fourth-order valence-corrected chi connectivity index (χ4v) is 8.17. The standard InChI is InChI=1S/C44H55FN10O9/c1-25-23-64-42-39-31(19-32(45)40(42)54-15-13-53(2)14-16-54)41(60)34(22-55(25)39)48-20-37(58)49-21-38(59)50-27-5-8-35-30(18-27)43(61)47-12-10-36(57)52-33(9-11-46)44(62)51-28(24-63-35)17-26-3-6-29(56)7-4-26/h3-8,18-19,25,28,33-34,48,56H,9-17,20-24,46H2,1-2H3,(H,47,61)(H,49,58)(H,50,59)(H,51,62)(H,52,57)/t25?,28-,33+,34?/m1/s1. The number of anilines is 3. The zero-order valence-electron chi connectivity index (χ0n) is 35.8. The van der Waals surface area contributed by atoms with Gasteiger partial charge in [0.15, 0.2) is 17.3 Å². The van der Waals surface area contributed by atoms with Gasteiger partial charge >= 0.3 is 0 Å². The van der Waals surface area contributed by atoms with Crippen LogP contribution in [0, 0.1) is 5.82 Å². The van der Waals surface area contributed by atoms with Gasteiger partial charge in [0.1, 0.15) is 36.4 Å². The van der Waals surface area contributed by atoms with Gasteiger partial charge in [0, 0.05) is 56.9 Å². The van der Waals surface area contributed by atoms with E-state index in [0.29, 0.717) is 36.8 Å². The molecule has 2 unspecified atom stereocenters. The number of carbonyl (C=O) groups is 6. The van der Waals surface area contributed by atoms with Crippen LogP contribution < -0.4 is 56.9 Å². The lowest BCUT2D eigenvalue weighted by Gasteiger charge is -2.45. The summed E-state index contributed by atoms with van der Waals surface area (Å²) < 4.78 is 28.0. The van der Waals surface area contributed by atoms with Gasteiger partial charge in [-0.1, -0.05) is 12.1 Å². The Balaban J connectivity index is 0.974. The number of halogens is 1. The number of ether oxygens (including phenoxy) is 2. The Labute approximate surface area is 369 Å². The smallest absolute Gasteiger partial charge is 0.255 e. The molecular formula is C44H55FN10O9. The minimum Gasteiger partial charge on any atom is -0.508 e. The number of hydrogen-bond acceptors (Lipinski definition) is 14. The lowest BCUT2D eigenvalue weighted by atomic mass is 9.92. The number of piperazine rings is 1. The summed E-state index contributed by atoms with van der Waals surface area (Å²) in [5.41, 5.74) is 7.86. The number of nitrogens with two attached hydrogens (primary N) is 1. The molecule has 0 spiro atoms. The van der Waals surface area contributed by atoms with Crippen LogP contribution in [-0.4, -0.2) is 149 Å². The first-order valence-corrected chi connectivity index (χ1v) is 21.4. The van der Waals surface area contributed by atoms with Gasteiger partial charge in [-0.3, -0.25) is 34.1 Å². The second-order valence-electron chi connectivity index (χ2n) is 16.5. The number of phenols is 1. The summed E-state index contributed by atoms with van der Waals surface area (Å²) in [7, 11) is 2.01. The summed E-state index contributed by atoms with van der Waals surface area (Å²) in [6.45, 7) is 4.50. The van der Waals surface area contributed by atoms with Crippen LogP contribution in [0.5, 0.6) is 17.2 Å². The number of hydrogen-bond donors (Lipinski definition) is 8. The van der Waals surface area contributed by atoms with E-state index < -0.39 is 60.0 Å². The van der Waals surface area contributed by atoms with E-state index in [4.69, 9.17) is 15.2 Å². The maximum Gasteiger partial charge on any atom is 0.255 e. The molecule has 5 amide bonds. The van der Waals surface area contributed by atoms with Crippen molar-refractivity contribution in [3.8, 4) is 17.2 Å². The minimum absolute atomic E-state index is 0.0371. The second-order valence-corrected chi connectivity index (χ2v) is 16.5. The zero-order valence-corrected chi connectivity index (χ0v) is 35.8. The first-order chi connectivity index (χ1) is 30.8. The number of nitrogens with one attached hydrogen (secondary N) is 6. The predicted molar refractivity (Wildman–Crippen MR) is 234 cm³/mol. The quantitative estimate of drug-likeness (QED) is 0.125. The molecule has 64 heavy (non-hydrogen) atoms. The number of benzene rings is 3. The lowest BCUT2D eigenvalue weighted by Crippen LogP contribution is -2.57. The molecule has 4 atom stereocenters. The summed E-state index contributed by atoms with van der Waals surface area (Å²) in [5, 5.41) is 26.2. The Bertz CT molecular complexity index is 2250. The van der Waals surface area contributed by atoms with Gasteiger partial charge in [-0.05, 0) is 75.3 Å². The van der Waals surface area contributed by atoms with Crippen LogP contribution in [0.15, 0.2) is 48.5 Å². The van der Waals surface area contributed by atoms with E-state index >= 15 is 4.39 Å². The van der Waals surface area contributed by atoms with E-state index in [2.05, 4.69) is 36.8 Å². The van der Waals surface area contributed by atoms with E-state index in [0.717, 1.165) is 18.7 Å². The molecule has 3 aromatic carbocycles. The molecule has 4 aliphatic heterocycles. The van der Waals surface area contributed by atoms with Gasteiger partial charge < -0.3 is 61.6 Å². The van der Waals surface area contributed by atoms with Crippen molar-refractivity contribution in [3.05, 3.63) is 71.0 Å². The number of fused-ring (bicyclic) bond motifs is 1. The summed E-state index contributed by atoms with van der Waals surface area (Å²) in [5.74, 6) is -3.02. The number of nitrogens with zero attached hydrogens (tertiary/aromatic N) is 3. The van der Waals surface area contributed by atoms with Crippen molar-refractivity contribution >= 4 is 52.4 Å². The Morgan fingerprint density at radius 1 is 0.922 bits per heavy atom. The molecule has 9 N–H and O–H groups in total. The van der Waals surface area contributed by atoms with E-state index in [1.165, 1.54) is 36.4 Å². The van der Waals surface area contributed by atoms with Crippen LogP contribution in [0.4, 0.5) is 21.5 Å². The highest BCUT2D eigenvalue weighted by Crippen LogP contribution is 2.48. The Kier molecular flexibility index (Phi) is 14.5. The molecule has 3 aromatic rings. The Morgan fingerprint density at radius 2 is 1.69 bits per heavy atom. The fraction of sp³-hybridized carbons (Fsp3) is 0.455. The number of Topliss-reactive ketones (excluding diaryl/α,β-unsaturated/α-hetero) is 1. The third-order valence-corrected chi connectivity index (χ3v) is 11.7. The third-order valence-electron chi connectivity index (χ3n) is 11.7. The normalized spacial score (nSPS) is 21.8. The van der Waals surface area contributed by atoms with Gasteiger partial charge in [0.25, 0.3) is 5.91 Å². The Hall–Kier alpha value is -6.51. The van der Waals surface area contributed by atoms with E-state index in [1.54, 1.807) is 12.1 Å². The van der Waals surface area contributed by atoms with Gasteiger partial charge in [0.2, 0.25) is 23.6 Å². The van der Waals surface area contributed by atoms with Gasteiger partial charge in [-0.15, -0.1) is 0 Å². The molecule has 19 nitrogen and oxygen atoms in total. The molecule has 0 radical (unpaired) electrons. The van der Waals surface area contributed by atoms with Crippen LogP contribution in [0.3, 0.4) is 0 Å². The molecule has 20 heteroatoms. The SMILES string of the molecule is CC1COc2c(N3CCN(C)CC3)c(F)cc3c2N1CC(NCC(=O)NCC(=O)Nc1ccc2c(c1)C(=O)NCCC(=O)N[C@@H](CCN)C(=O)N[C@H](Cc1ccc(O)cc1)CO2)C3=O. The lowest BCUT2D eigenvalue weighted by molar-refractivity contribution is -0.129. The number of phenolic OH excluding ortho intramolecular Hbond substituents is 1. The largest absolute Gasteiger partial charge is 0.508 e.